The first-order valence-corrected chi connectivity index (χ1v) is 10.8. The molecule has 0 amide bonds. The fourth-order valence-electron chi connectivity index (χ4n) is 3.86. The summed E-state index contributed by atoms with van der Waals surface area (Å²) >= 11 is 6.10. The molecule has 0 aliphatic carbocycles. The van der Waals surface area contributed by atoms with Crippen molar-refractivity contribution in [2.24, 2.45) is 0 Å². The molecular formula is C22H23ClF2N6O. The Morgan fingerprint density at radius 3 is 2.62 bits per heavy atom. The van der Waals surface area contributed by atoms with Crippen LogP contribution in [0.3, 0.4) is 0 Å². The summed E-state index contributed by atoms with van der Waals surface area (Å²) in [6.45, 7) is 5.85. The van der Waals surface area contributed by atoms with Gasteiger partial charge in [0.2, 0.25) is 0 Å². The predicted octanol–water partition coefficient (Wildman–Crippen LogP) is 3.41. The van der Waals surface area contributed by atoms with Crippen molar-refractivity contribution in [2.45, 2.75) is 19.4 Å². The van der Waals surface area contributed by atoms with E-state index in [9.17, 15) is 13.6 Å². The maximum atomic E-state index is 14.0. The molecular weight excluding hydrogens is 438 g/mol. The summed E-state index contributed by atoms with van der Waals surface area (Å²) in [6.07, 6.45) is 0.549. The maximum Gasteiger partial charge on any atom is 0.190 e. The van der Waals surface area contributed by atoms with Gasteiger partial charge in [0.25, 0.3) is 0 Å². The molecule has 168 valence electrons. The van der Waals surface area contributed by atoms with Crippen LogP contribution in [0, 0.1) is 11.6 Å². The van der Waals surface area contributed by atoms with Gasteiger partial charge in [0.05, 0.1) is 5.56 Å². The Balaban J connectivity index is 1.35. The molecule has 0 spiro atoms. The Morgan fingerprint density at radius 2 is 1.91 bits per heavy atom. The van der Waals surface area contributed by atoms with Crippen LogP contribution >= 0.6 is 11.6 Å². The number of Topliss-reactive ketones (excluding diaryl/α,β-unsaturated/α-hetero) is 1. The highest BCUT2D eigenvalue weighted by molar-refractivity contribution is 6.30. The van der Waals surface area contributed by atoms with Crippen molar-refractivity contribution in [3.63, 3.8) is 0 Å². The number of hydrogen-bond donors (Lipinski definition) is 0. The number of aromatic nitrogens is 4. The molecule has 0 N–H and O–H groups in total. The summed E-state index contributed by atoms with van der Waals surface area (Å²) in [7, 11) is 0. The molecule has 32 heavy (non-hydrogen) atoms. The molecule has 1 unspecified atom stereocenters. The van der Waals surface area contributed by atoms with Crippen molar-refractivity contribution in [3.8, 4) is 0 Å². The normalized spacial score (nSPS) is 15.7. The van der Waals surface area contributed by atoms with E-state index in [1.54, 1.807) is 6.92 Å². The lowest BCUT2D eigenvalue weighted by atomic mass is 10.0. The standard InChI is InChI=1S/C22H23ClF2N6O/c1-15(22(32)19-6-5-17(24)14-20(19)25)31-21(26-27-28-31)7-8-29-9-11-30(12-10-29)18-4-2-3-16(23)13-18/h2-6,13-15H,7-12H2,1H3. The molecule has 1 aromatic heterocycles. The highest BCUT2D eigenvalue weighted by atomic mass is 35.5. The van der Waals surface area contributed by atoms with E-state index in [-0.39, 0.29) is 5.56 Å². The highest BCUT2D eigenvalue weighted by Crippen LogP contribution is 2.21. The lowest BCUT2D eigenvalue weighted by Gasteiger charge is -2.36. The van der Waals surface area contributed by atoms with Gasteiger partial charge < -0.3 is 4.90 Å². The zero-order chi connectivity index (χ0) is 22.7. The van der Waals surface area contributed by atoms with Crippen molar-refractivity contribution < 1.29 is 13.6 Å². The highest BCUT2D eigenvalue weighted by Gasteiger charge is 2.25. The maximum absolute atomic E-state index is 14.0. The Bertz CT molecular complexity index is 1100. The number of anilines is 1. The number of tetrazole rings is 1. The monoisotopic (exact) mass is 460 g/mol. The van der Waals surface area contributed by atoms with Gasteiger partial charge >= 0.3 is 0 Å². The smallest absolute Gasteiger partial charge is 0.190 e. The lowest BCUT2D eigenvalue weighted by molar-refractivity contribution is 0.0920. The Hall–Kier alpha value is -2.91. The fourth-order valence-corrected chi connectivity index (χ4v) is 4.05. The van der Waals surface area contributed by atoms with Gasteiger partial charge in [-0.15, -0.1) is 5.10 Å². The molecule has 1 atom stereocenters. The molecule has 0 bridgehead atoms. The number of hydrogen-bond acceptors (Lipinski definition) is 6. The molecule has 7 nitrogen and oxygen atoms in total. The van der Waals surface area contributed by atoms with Crippen LogP contribution in [0.4, 0.5) is 14.5 Å². The average Bonchev–Trinajstić information content (AvgIpc) is 3.26. The molecule has 2 heterocycles. The number of benzene rings is 2. The minimum atomic E-state index is -0.894. The van der Waals surface area contributed by atoms with Crippen LogP contribution < -0.4 is 4.90 Å². The molecule has 1 aliphatic rings. The van der Waals surface area contributed by atoms with Gasteiger partial charge in [-0.2, -0.15) is 0 Å². The van der Waals surface area contributed by atoms with Crippen molar-refractivity contribution in [1.82, 2.24) is 25.1 Å². The van der Waals surface area contributed by atoms with Crippen LogP contribution in [0.2, 0.25) is 5.02 Å². The number of ketones is 1. The molecule has 1 aliphatic heterocycles. The van der Waals surface area contributed by atoms with Gasteiger partial charge in [0.1, 0.15) is 17.7 Å². The second-order valence-electron chi connectivity index (χ2n) is 7.76. The van der Waals surface area contributed by atoms with Crippen LogP contribution in [0.5, 0.6) is 0 Å². The largest absolute Gasteiger partial charge is 0.369 e. The SMILES string of the molecule is CC(C(=O)c1ccc(F)cc1F)n1nnnc1CCN1CCN(c2cccc(Cl)c2)CC1. The lowest BCUT2D eigenvalue weighted by Crippen LogP contribution is -2.47. The van der Waals surface area contributed by atoms with E-state index < -0.39 is 23.5 Å². The van der Waals surface area contributed by atoms with Crippen LogP contribution in [0.25, 0.3) is 0 Å². The number of piperazine rings is 1. The molecule has 0 saturated carbocycles. The topological polar surface area (TPSA) is 67.2 Å². The summed E-state index contributed by atoms with van der Waals surface area (Å²) in [6, 6.07) is 9.93. The third-order valence-electron chi connectivity index (χ3n) is 5.70. The first kappa shape index (κ1) is 22.3. The first-order chi connectivity index (χ1) is 15.4. The van der Waals surface area contributed by atoms with E-state index in [1.165, 1.54) is 4.68 Å². The zero-order valence-electron chi connectivity index (χ0n) is 17.6. The van der Waals surface area contributed by atoms with Gasteiger partial charge in [-0.3, -0.25) is 9.69 Å². The number of halogens is 3. The fraction of sp³-hybridized carbons (Fsp3) is 0.364. The van der Waals surface area contributed by atoms with E-state index in [0.29, 0.717) is 18.3 Å². The molecule has 10 heteroatoms. The third-order valence-corrected chi connectivity index (χ3v) is 5.94. The quantitative estimate of drug-likeness (QED) is 0.503. The number of carbonyl (C=O) groups is 1. The van der Waals surface area contributed by atoms with E-state index in [0.717, 1.165) is 55.6 Å². The molecule has 1 saturated heterocycles. The van der Waals surface area contributed by atoms with Gasteiger partial charge in [-0.1, -0.05) is 17.7 Å². The van der Waals surface area contributed by atoms with Crippen molar-refractivity contribution >= 4 is 23.1 Å². The molecule has 3 aromatic rings. The second-order valence-corrected chi connectivity index (χ2v) is 8.20. The Morgan fingerprint density at radius 1 is 1.12 bits per heavy atom. The summed E-state index contributed by atoms with van der Waals surface area (Å²) in [5.41, 5.74) is 0.930. The molecule has 2 aromatic carbocycles. The van der Waals surface area contributed by atoms with Crippen LogP contribution in [0.1, 0.15) is 29.1 Å². The van der Waals surface area contributed by atoms with Gasteiger partial charge in [0, 0.05) is 55.9 Å². The molecule has 1 fully saturated rings. The van der Waals surface area contributed by atoms with Crippen LogP contribution in [-0.4, -0.2) is 63.6 Å². The second kappa shape index (κ2) is 9.70. The summed E-state index contributed by atoms with van der Waals surface area (Å²) in [5.74, 6) is -1.59. The Kier molecular flexibility index (Phi) is 6.76. The number of carbonyl (C=O) groups excluding carboxylic acids is 1. The number of rotatable bonds is 7. The Labute approximate surface area is 189 Å². The molecule has 0 radical (unpaired) electrons. The minimum Gasteiger partial charge on any atom is -0.369 e. The average molecular weight is 461 g/mol. The van der Waals surface area contributed by atoms with E-state index >= 15 is 0 Å². The third kappa shape index (κ3) is 4.94. The summed E-state index contributed by atoms with van der Waals surface area (Å²) in [5, 5.41) is 12.4. The zero-order valence-corrected chi connectivity index (χ0v) is 18.3. The van der Waals surface area contributed by atoms with Crippen molar-refractivity contribution in [1.29, 1.82) is 0 Å². The van der Waals surface area contributed by atoms with E-state index in [4.69, 9.17) is 11.6 Å². The predicted molar refractivity (Wildman–Crippen MR) is 117 cm³/mol. The van der Waals surface area contributed by atoms with Gasteiger partial charge in [-0.05, 0) is 47.7 Å². The van der Waals surface area contributed by atoms with Crippen LogP contribution in [0.15, 0.2) is 42.5 Å². The summed E-state index contributed by atoms with van der Waals surface area (Å²) < 4.78 is 28.6. The van der Waals surface area contributed by atoms with Crippen LogP contribution in [-0.2, 0) is 6.42 Å². The summed E-state index contributed by atoms with van der Waals surface area (Å²) in [4.78, 5) is 17.3. The first-order valence-electron chi connectivity index (χ1n) is 10.4. The molecule has 4 rings (SSSR count). The van der Waals surface area contributed by atoms with Gasteiger partial charge in [-0.25, -0.2) is 13.5 Å². The van der Waals surface area contributed by atoms with Crippen molar-refractivity contribution in [2.75, 3.05) is 37.6 Å². The van der Waals surface area contributed by atoms with E-state index in [1.807, 2.05) is 18.2 Å². The van der Waals surface area contributed by atoms with Gasteiger partial charge in [0.15, 0.2) is 11.6 Å². The number of nitrogens with zero attached hydrogens (tertiary/aromatic N) is 6. The van der Waals surface area contributed by atoms with Crippen molar-refractivity contribution in [3.05, 3.63) is 70.5 Å². The minimum absolute atomic E-state index is 0.183. The van der Waals surface area contributed by atoms with E-state index in [2.05, 4.69) is 31.4 Å².